The molecule has 3 aromatic carbocycles. The molecule has 0 unspecified atom stereocenters. The first kappa shape index (κ1) is 25.5. The van der Waals surface area contributed by atoms with Crippen LogP contribution in [0.3, 0.4) is 0 Å². The molecule has 38 heavy (non-hydrogen) atoms. The molecule has 0 aliphatic rings. The molecule has 7 heteroatoms. The van der Waals surface area contributed by atoms with Gasteiger partial charge in [0.15, 0.2) is 5.65 Å². The Balaban J connectivity index is 1.47. The van der Waals surface area contributed by atoms with E-state index in [2.05, 4.69) is 76.5 Å². The molecule has 192 valence electrons. The van der Waals surface area contributed by atoms with E-state index >= 15 is 0 Å². The summed E-state index contributed by atoms with van der Waals surface area (Å²) in [7, 11) is 4.09. The minimum absolute atomic E-state index is 0.325. The number of nitrogens with one attached hydrogen (secondary N) is 1. The minimum atomic E-state index is 0.325. The molecule has 0 amide bonds. The number of fused-ring (bicyclic) bond motifs is 1. The van der Waals surface area contributed by atoms with E-state index in [0.29, 0.717) is 24.0 Å². The summed E-state index contributed by atoms with van der Waals surface area (Å²) in [6.45, 7) is 4.76. The zero-order valence-corrected chi connectivity index (χ0v) is 22.9. The summed E-state index contributed by atoms with van der Waals surface area (Å²) < 4.78 is 6.15. The molecular weight excluding hydrogens is 490 g/mol. The third kappa shape index (κ3) is 6.06. The number of hydrogen-bond acceptors (Lipinski definition) is 7. The molecule has 0 saturated carbocycles. The molecule has 0 atom stereocenters. The smallest absolute Gasteiger partial charge is 0.164 e. The van der Waals surface area contributed by atoms with Crippen molar-refractivity contribution in [1.29, 1.82) is 0 Å². The summed E-state index contributed by atoms with van der Waals surface area (Å²) in [5, 5.41) is 4.43. The lowest BCUT2D eigenvalue weighted by Crippen LogP contribution is -2.07. The molecule has 2 heterocycles. The van der Waals surface area contributed by atoms with Crippen LogP contribution in [0.15, 0.2) is 101 Å². The predicted octanol–water partition coefficient (Wildman–Crippen LogP) is 7.69. The molecule has 1 N–H and O–H groups in total. The molecule has 0 aliphatic heterocycles. The summed E-state index contributed by atoms with van der Waals surface area (Å²) in [4.78, 5) is 18.0. The maximum absolute atomic E-state index is 6.15. The third-order valence-electron chi connectivity index (χ3n) is 6.14. The van der Waals surface area contributed by atoms with E-state index in [1.54, 1.807) is 18.1 Å². The van der Waals surface area contributed by atoms with Crippen LogP contribution in [-0.2, 0) is 6.61 Å². The van der Waals surface area contributed by atoms with Gasteiger partial charge >= 0.3 is 0 Å². The summed E-state index contributed by atoms with van der Waals surface area (Å²) >= 11 is 1.69. The highest BCUT2D eigenvalue weighted by atomic mass is 32.2. The molecule has 0 fully saturated rings. The van der Waals surface area contributed by atoms with Gasteiger partial charge in [-0.1, -0.05) is 55.9 Å². The topological polar surface area (TPSA) is 63.2 Å². The number of rotatable bonds is 9. The Bertz CT molecular complexity index is 1520. The Morgan fingerprint density at radius 3 is 2.42 bits per heavy atom. The van der Waals surface area contributed by atoms with Crippen LogP contribution in [0.2, 0.25) is 0 Å². The highest BCUT2D eigenvalue weighted by molar-refractivity contribution is 7.99. The lowest BCUT2D eigenvalue weighted by Gasteiger charge is -2.16. The second-order valence-corrected chi connectivity index (χ2v) is 10.6. The molecule has 0 bridgehead atoms. The van der Waals surface area contributed by atoms with Crippen LogP contribution in [0, 0.1) is 0 Å². The minimum Gasteiger partial charge on any atom is -0.489 e. The van der Waals surface area contributed by atoms with Crippen molar-refractivity contribution in [1.82, 2.24) is 15.0 Å². The Labute approximate surface area is 228 Å². The normalized spacial score (nSPS) is 11.1. The average Bonchev–Trinajstić information content (AvgIpc) is 2.94. The van der Waals surface area contributed by atoms with Gasteiger partial charge in [0.25, 0.3) is 0 Å². The standard InChI is InChI=1S/C31H31N5OS/c1-21(2)27-16-15-26-30(34-27)32-20-33-31(26)35-28-18-24(37-19-22-8-6-5-7-9-22)12-17-29(28)38-25-13-10-23(11-14-25)36(3)4/h5-18,20-21H,19H2,1-4H3,(H,32,33,34,35). The van der Waals surface area contributed by atoms with E-state index in [1.807, 2.05) is 56.6 Å². The summed E-state index contributed by atoms with van der Waals surface area (Å²) in [5.41, 5.74) is 4.88. The number of anilines is 3. The SMILES string of the molecule is CC(C)c1ccc2c(Nc3cc(OCc4ccccc4)ccc3Sc3ccc(N(C)C)cc3)ncnc2n1. The van der Waals surface area contributed by atoms with E-state index in [-0.39, 0.29) is 0 Å². The van der Waals surface area contributed by atoms with Crippen LogP contribution in [0.4, 0.5) is 17.2 Å². The maximum Gasteiger partial charge on any atom is 0.164 e. The summed E-state index contributed by atoms with van der Waals surface area (Å²) in [6.07, 6.45) is 1.56. The lowest BCUT2D eigenvalue weighted by molar-refractivity contribution is 0.306. The highest BCUT2D eigenvalue weighted by Gasteiger charge is 2.13. The highest BCUT2D eigenvalue weighted by Crippen LogP contribution is 2.38. The van der Waals surface area contributed by atoms with Gasteiger partial charge in [0.2, 0.25) is 0 Å². The van der Waals surface area contributed by atoms with E-state index in [1.165, 1.54) is 0 Å². The van der Waals surface area contributed by atoms with Crippen molar-refractivity contribution in [2.45, 2.75) is 36.2 Å². The molecule has 0 saturated heterocycles. The number of benzene rings is 3. The van der Waals surface area contributed by atoms with Crippen molar-refractivity contribution in [3.8, 4) is 5.75 Å². The lowest BCUT2D eigenvalue weighted by atomic mass is 10.1. The zero-order chi connectivity index (χ0) is 26.5. The van der Waals surface area contributed by atoms with Gasteiger partial charge in [-0.3, -0.25) is 0 Å². The van der Waals surface area contributed by atoms with E-state index < -0.39 is 0 Å². The molecule has 0 spiro atoms. The molecule has 5 rings (SSSR count). The van der Waals surface area contributed by atoms with Crippen molar-refractivity contribution < 1.29 is 4.74 Å². The Kier molecular flexibility index (Phi) is 7.75. The largest absolute Gasteiger partial charge is 0.489 e. The molecule has 5 aromatic rings. The van der Waals surface area contributed by atoms with Crippen LogP contribution in [0.1, 0.15) is 31.0 Å². The van der Waals surface area contributed by atoms with Crippen LogP contribution >= 0.6 is 11.8 Å². The Hall–Kier alpha value is -4.10. The number of ether oxygens (including phenoxy) is 1. The van der Waals surface area contributed by atoms with Gasteiger partial charge in [-0.2, -0.15) is 0 Å². The Morgan fingerprint density at radius 2 is 1.68 bits per heavy atom. The van der Waals surface area contributed by atoms with Gasteiger partial charge < -0.3 is 15.0 Å². The quantitative estimate of drug-likeness (QED) is 0.213. The second kappa shape index (κ2) is 11.5. The molecule has 0 aliphatic carbocycles. The van der Waals surface area contributed by atoms with Gasteiger partial charge in [-0.25, -0.2) is 15.0 Å². The van der Waals surface area contributed by atoms with E-state index in [0.717, 1.165) is 43.6 Å². The van der Waals surface area contributed by atoms with Crippen molar-refractivity contribution in [2.75, 3.05) is 24.3 Å². The van der Waals surface area contributed by atoms with Crippen molar-refractivity contribution in [2.24, 2.45) is 0 Å². The van der Waals surface area contributed by atoms with Gasteiger partial charge in [-0.15, -0.1) is 0 Å². The molecule has 2 aromatic heterocycles. The number of aromatic nitrogens is 3. The fourth-order valence-electron chi connectivity index (χ4n) is 3.97. The fourth-order valence-corrected chi connectivity index (χ4v) is 4.85. The van der Waals surface area contributed by atoms with Crippen molar-refractivity contribution >= 4 is 40.0 Å². The van der Waals surface area contributed by atoms with Gasteiger partial charge in [0.05, 0.1) is 11.1 Å². The zero-order valence-electron chi connectivity index (χ0n) is 22.1. The van der Waals surface area contributed by atoms with Crippen molar-refractivity contribution in [3.05, 3.63) is 103 Å². The molecular formula is C31H31N5OS. The average molecular weight is 522 g/mol. The van der Waals surface area contributed by atoms with Gasteiger partial charge in [0.1, 0.15) is 24.5 Å². The Morgan fingerprint density at radius 1 is 0.895 bits per heavy atom. The van der Waals surface area contributed by atoms with Crippen LogP contribution in [-0.4, -0.2) is 29.0 Å². The van der Waals surface area contributed by atoms with Crippen LogP contribution in [0.25, 0.3) is 11.0 Å². The van der Waals surface area contributed by atoms with Gasteiger partial charge in [-0.05, 0) is 60.0 Å². The predicted molar refractivity (Wildman–Crippen MR) is 157 cm³/mol. The number of nitrogens with zero attached hydrogens (tertiary/aromatic N) is 4. The molecule has 0 radical (unpaired) electrons. The number of hydrogen-bond donors (Lipinski definition) is 1. The van der Waals surface area contributed by atoms with E-state index in [4.69, 9.17) is 9.72 Å². The number of pyridine rings is 1. The van der Waals surface area contributed by atoms with Gasteiger partial charge in [0, 0.05) is 41.3 Å². The first-order chi connectivity index (χ1) is 18.5. The fraction of sp³-hybridized carbons (Fsp3) is 0.194. The third-order valence-corrected chi connectivity index (χ3v) is 7.23. The first-order valence-corrected chi connectivity index (χ1v) is 13.4. The van der Waals surface area contributed by atoms with Crippen LogP contribution < -0.4 is 15.0 Å². The maximum atomic E-state index is 6.15. The summed E-state index contributed by atoms with van der Waals surface area (Å²) in [6, 6.07) is 28.9. The summed E-state index contributed by atoms with van der Waals surface area (Å²) in [5.74, 6) is 1.82. The molecule has 6 nitrogen and oxygen atoms in total. The van der Waals surface area contributed by atoms with Crippen LogP contribution in [0.5, 0.6) is 5.75 Å². The monoisotopic (exact) mass is 521 g/mol. The van der Waals surface area contributed by atoms with E-state index in [9.17, 15) is 0 Å². The van der Waals surface area contributed by atoms with Crippen molar-refractivity contribution in [3.63, 3.8) is 0 Å². The first-order valence-electron chi connectivity index (χ1n) is 12.6. The second-order valence-electron chi connectivity index (χ2n) is 9.53.